The highest BCUT2D eigenvalue weighted by Gasteiger charge is 2.53. The SMILES string of the molecule is CC(=O)N[C@@H]1[C@@H](O[C@H]2O[C@H](CO)[C@H](O)[C@H](O)[C@H]2O[C@@H]2O[C@@H](C)[C@H](O)[C@@H](O)[C@H]2O)[C@H](O)[C@@H](CO)O[C@@H]1O. The molecule has 16 nitrogen and oxygen atoms in total. The molecule has 0 aromatic heterocycles. The fourth-order valence-electron chi connectivity index (χ4n) is 4.38. The first-order chi connectivity index (χ1) is 16.9. The van der Waals surface area contributed by atoms with Crippen LogP contribution in [0.25, 0.3) is 0 Å². The molecule has 3 rings (SSSR count). The van der Waals surface area contributed by atoms with Crippen molar-refractivity contribution in [2.24, 2.45) is 0 Å². The number of carbonyl (C=O) groups excluding carboxylic acids is 1. The Bertz CT molecular complexity index is 731. The van der Waals surface area contributed by atoms with Crippen LogP contribution in [0.1, 0.15) is 13.8 Å². The van der Waals surface area contributed by atoms with Crippen molar-refractivity contribution in [1.82, 2.24) is 5.32 Å². The Balaban J connectivity index is 1.89. The molecule has 3 aliphatic rings. The van der Waals surface area contributed by atoms with Gasteiger partial charge in [0.1, 0.15) is 67.1 Å². The van der Waals surface area contributed by atoms with Gasteiger partial charge in [-0.15, -0.1) is 0 Å². The third-order valence-corrected chi connectivity index (χ3v) is 6.46. The van der Waals surface area contributed by atoms with Crippen LogP contribution in [0.2, 0.25) is 0 Å². The van der Waals surface area contributed by atoms with Crippen molar-refractivity contribution in [1.29, 1.82) is 0 Å². The summed E-state index contributed by atoms with van der Waals surface area (Å²) in [5.41, 5.74) is 0. The number of carbonyl (C=O) groups is 1. The van der Waals surface area contributed by atoms with E-state index < -0.39 is 111 Å². The Hall–Kier alpha value is -1.09. The van der Waals surface area contributed by atoms with Gasteiger partial charge in [0.2, 0.25) is 5.91 Å². The molecule has 15 atom stereocenters. The molecule has 16 heteroatoms. The second kappa shape index (κ2) is 12.2. The van der Waals surface area contributed by atoms with Crippen LogP contribution in [0.3, 0.4) is 0 Å². The summed E-state index contributed by atoms with van der Waals surface area (Å²) in [6.07, 6.45) is -22.2. The van der Waals surface area contributed by atoms with Gasteiger partial charge in [-0.3, -0.25) is 4.79 Å². The summed E-state index contributed by atoms with van der Waals surface area (Å²) in [5.74, 6) is -0.632. The average Bonchev–Trinajstić information content (AvgIpc) is 2.83. The lowest BCUT2D eigenvalue weighted by Gasteiger charge is -2.48. The van der Waals surface area contributed by atoms with Crippen LogP contribution < -0.4 is 5.32 Å². The quantitative estimate of drug-likeness (QED) is 0.147. The highest BCUT2D eigenvalue weighted by molar-refractivity contribution is 5.73. The minimum absolute atomic E-state index is 0.632. The van der Waals surface area contributed by atoms with Crippen molar-refractivity contribution >= 4 is 5.91 Å². The Kier molecular flexibility index (Phi) is 9.97. The van der Waals surface area contributed by atoms with Crippen molar-refractivity contribution in [3.8, 4) is 0 Å². The molecule has 0 saturated carbocycles. The third-order valence-electron chi connectivity index (χ3n) is 6.46. The summed E-state index contributed by atoms with van der Waals surface area (Å²) in [5, 5.41) is 93.8. The van der Waals surface area contributed by atoms with E-state index in [-0.39, 0.29) is 0 Å². The fraction of sp³-hybridized carbons (Fsp3) is 0.950. The van der Waals surface area contributed by atoms with Crippen LogP contribution in [0, 0.1) is 0 Å². The zero-order valence-corrected chi connectivity index (χ0v) is 19.5. The highest BCUT2D eigenvalue weighted by atomic mass is 16.8. The van der Waals surface area contributed by atoms with Gasteiger partial charge in [-0.25, -0.2) is 0 Å². The van der Waals surface area contributed by atoms with Crippen molar-refractivity contribution in [2.45, 2.75) is 106 Å². The number of ether oxygens (including phenoxy) is 5. The van der Waals surface area contributed by atoms with Crippen molar-refractivity contribution in [3.63, 3.8) is 0 Å². The molecule has 3 aliphatic heterocycles. The maximum absolute atomic E-state index is 11.7. The molecule has 36 heavy (non-hydrogen) atoms. The summed E-state index contributed by atoms with van der Waals surface area (Å²) >= 11 is 0. The van der Waals surface area contributed by atoms with E-state index in [0.717, 1.165) is 6.92 Å². The summed E-state index contributed by atoms with van der Waals surface area (Å²) in [7, 11) is 0. The lowest BCUT2D eigenvalue weighted by atomic mass is 9.95. The smallest absolute Gasteiger partial charge is 0.217 e. The molecule has 210 valence electrons. The monoisotopic (exact) mass is 529 g/mol. The molecule has 3 heterocycles. The number of nitrogens with one attached hydrogen (secondary N) is 1. The van der Waals surface area contributed by atoms with Crippen molar-refractivity contribution < 1.29 is 74.4 Å². The Morgan fingerprint density at radius 2 is 1.31 bits per heavy atom. The number of aliphatic hydroxyl groups excluding tert-OH is 9. The number of hydrogen-bond acceptors (Lipinski definition) is 15. The summed E-state index contributed by atoms with van der Waals surface area (Å²) in [4.78, 5) is 11.7. The van der Waals surface area contributed by atoms with E-state index in [4.69, 9.17) is 23.7 Å². The van der Waals surface area contributed by atoms with Crippen LogP contribution in [0.15, 0.2) is 0 Å². The van der Waals surface area contributed by atoms with E-state index in [0.29, 0.717) is 0 Å². The molecule has 3 fully saturated rings. The predicted molar refractivity (Wildman–Crippen MR) is 111 cm³/mol. The van der Waals surface area contributed by atoms with Gasteiger partial charge in [-0.2, -0.15) is 0 Å². The topological polar surface area (TPSA) is 257 Å². The molecule has 3 saturated heterocycles. The molecule has 0 unspecified atom stereocenters. The summed E-state index contributed by atoms with van der Waals surface area (Å²) in [6, 6.07) is -1.39. The maximum atomic E-state index is 11.7. The first-order valence-corrected chi connectivity index (χ1v) is 11.4. The minimum Gasteiger partial charge on any atom is -0.394 e. The van der Waals surface area contributed by atoms with Gasteiger partial charge in [-0.05, 0) is 6.92 Å². The highest BCUT2D eigenvalue weighted by Crippen LogP contribution is 2.32. The zero-order valence-electron chi connectivity index (χ0n) is 19.5. The van der Waals surface area contributed by atoms with Crippen LogP contribution >= 0.6 is 0 Å². The van der Waals surface area contributed by atoms with Gasteiger partial charge in [0.05, 0.1) is 19.3 Å². The molecule has 0 aromatic carbocycles. The summed E-state index contributed by atoms with van der Waals surface area (Å²) < 4.78 is 27.4. The Morgan fingerprint density at radius 1 is 0.722 bits per heavy atom. The molecule has 1 amide bonds. The van der Waals surface area contributed by atoms with E-state index in [1.807, 2.05) is 0 Å². The van der Waals surface area contributed by atoms with Gasteiger partial charge in [0.25, 0.3) is 0 Å². The first-order valence-electron chi connectivity index (χ1n) is 11.4. The van der Waals surface area contributed by atoms with E-state index in [1.165, 1.54) is 6.92 Å². The zero-order chi connectivity index (χ0) is 26.9. The predicted octanol–water partition coefficient (Wildman–Crippen LogP) is -6.40. The van der Waals surface area contributed by atoms with E-state index in [1.54, 1.807) is 0 Å². The molecular weight excluding hydrogens is 494 g/mol. The van der Waals surface area contributed by atoms with Gasteiger partial charge in [0.15, 0.2) is 18.9 Å². The lowest BCUT2D eigenvalue weighted by Crippen LogP contribution is -2.68. The molecule has 0 aromatic rings. The van der Waals surface area contributed by atoms with E-state index in [9.17, 15) is 50.8 Å². The van der Waals surface area contributed by atoms with Gasteiger partial charge >= 0.3 is 0 Å². The number of aliphatic hydroxyl groups is 9. The van der Waals surface area contributed by atoms with Crippen LogP contribution in [-0.4, -0.2) is 157 Å². The fourth-order valence-corrected chi connectivity index (χ4v) is 4.38. The van der Waals surface area contributed by atoms with Crippen LogP contribution in [-0.2, 0) is 28.5 Å². The van der Waals surface area contributed by atoms with Crippen molar-refractivity contribution in [3.05, 3.63) is 0 Å². The minimum atomic E-state index is -1.83. The first kappa shape index (κ1) is 29.5. The van der Waals surface area contributed by atoms with Gasteiger partial charge < -0.3 is 75.0 Å². The standard InChI is InChI=1S/C20H35NO15/c1-5-10(25)13(28)15(30)19(32-5)36-17-14(29)11(26)7(3-22)34-20(17)35-16-9(21-6(2)24)18(31)33-8(4-23)12(16)27/h5,7-20,22-23,25-31H,3-4H2,1-2H3,(H,21,24)/t5-,7+,8+,9+,10-,11-,12+,13+,14-,15+,16+,17+,18-,19-,20+/m0/s1. The molecular formula is C20H35NO15. The van der Waals surface area contributed by atoms with Crippen LogP contribution in [0.4, 0.5) is 0 Å². The average molecular weight is 529 g/mol. The van der Waals surface area contributed by atoms with E-state index >= 15 is 0 Å². The third kappa shape index (κ3) is 5.97. The number of hydrogen-bond donors (Lipinski definition) is 10. The second-order valence-electron chi connectivity index (χ2n) is 9.05. The molecule has 0 bridgehead atoms. The Morgan fingerprint density at radius 3 is 1.89 bits per heavy atom. The molecule has 10 N–H and O–H groups in total. The van der Waals surface area contributed by atoms with E-state index in [2.05, 4.69) is 5.32 Å². The second-order valence-corrected chi connectivity index (χ2v) is 9.05. The number of amides is 1. The molecule has 0 radical (unpaired) electrons. The van der Waals surface area contributed by atoms with Gasteiger partial charge in [-0.1, -0.05) is 0 Å². The lowest BCUT2D eigenvalue weighted by molar-refractivity contribution is -0.380. The molecule has 0 aliphatic carbocycles. The number of rotatable bonds is 7. The maximum Gasteiger partial charge on any atom is 0.217 e. The normalized spacial score (nSPS) is 50.0. The van der Waals surface area contributed by atoms with Crippen LogP contribution in [0.5, 0.6) is 0 Å². The van der Waals surface area contributed by atoms with Crippen molar-refractivity contribution in [2.75, 3.05) is 13.2 Å². The van der Waals surface area contributed by atoms with Gasteiger partial charge in [0, 0.05) is 6.92 Å². The summed E-state index contributed by atoms with van der Waals surface area (Å²) in [6.45, 7) is 1.00. The molecule has 0 spiro atoms. The Labute approximate surface area is 205 Å². The largest absolute Gasteiger partial charge is 0.394 e.